The number of rotatable bonds is 19. The molecule has 0 radical (unpaired) electrons. The molecule has 2 heterocycles. The number of anilines is 1. The van der Waals surface area contributed by atoms with Crippen molar-refractivity contribution in [3.63, 3.8) is 0 Å². The maximum absolute atomic E-state index is 11.9. The highest BCUT2D eigenvalue weighted by molar-refractivity contribution is 7.94. The Morgan fingerprint density at radius 3 is 2.22 bits per heavy atom. The summed E-state index contributed by atoms with van der Waals surface area (Å²) in [7, 11) is -4.65. The van der Waals surface area contributed by atoms with Crippen LogP contribution in [0.15, 0.2) is 82.3 Å². The first-order chi connectivity index (χ1) is 24.1. The van der Waals surface area contributed by atoms with Gasteiger partial charge in [-0.1, -0.05) is 38.5 Å². The number of unbranched alkanes of at least 4 members (excludes halogenated alkanes) is 4. The molecule has 0 atom stereocenters. The standard InChI is InChI=1S/C37H46N2O10S2/c1-36(2)28-24-26(50-49-48-44)18-20-30(28)38(22-12-6-10-16-34(40)41)32(36)14-8-5-9-15-33-37(3,4)29-25-27(51(45,46)47)19-21-31(29)39(33)23-13-7-11-17-35(42)43/h5,8-9,14-15,18-21,24-25H,6-7,10-13,16-17,22-23H2,1-4H3,(H3-,40,41,42,43,44,45,46,47)/p-1. The number of carboxylic acid groups (broad SMARTS) is 2. The van der Waals surface area contributed by atoms with Crippen molar-refractivity contribution in [2.24, 2.45) is 0 Å². The lowest BCUT2D eigenvalue weighted by atomic mass is 9.81. The quantitative estimate of drug-likeness (QED) is 0.0313. The molecule has 14 heteroatoms. The maximum atomic E-state index is 11.9. The molecule has 51 heavy (non-hydrogen) atoms. The molecular formula is C37H45N2O10S2-. The predicted molar refractivity (Wildman–Crippen MR) is 191 cm³/mol. The highest BCUT2D eigenvalue weighted by atomic mass is 32.2. The van der Waals surface area contributed by atoms with E-state index in [9.17, 15) is 27.8 Å². The minimum atomic E-state index is -4.65. The van der Waals surface area contributed by atoms with Crippen LogP contribution in [0.5, 0.6) is 0 Å². The van der Waals surface area contributed by atoms with Crippen molar-refractivity contribution in [3.8, 4) is 0 Å². The minimum Gasteiger partial charge on any atom is -0.744 e. The number of carboxylic acids is 2. The Bertz CT molecular complexity index is 1840. The Kier molecular flexibility index (Phi) is 13.4. The van der Waals surface area contributed by atoms with Crippen LogP contribution in [0.25, 0.3) is 0 Å². The molecule has 0 aliphatic carbocycles. The molecule has 0 amide bonds. The van der Waals surface area contributed by atoms with Gasteiger partial charge in [-0.15, -0.1) is 0 Å². The summed E-state index contributed by atoms with van der Waals surface area (Å²) in [5.41, 5.74) is 4.51. The molecule has 276 valence electrons. The van der Waals surface area contributed by atoms with Gasteiger partial charge in [-0.3, -0.25) is 14.6 Å². The van der Waals surface area contributed by atoms with E-state index < -0.39 is 32.9 Å². The van der Waals surface area contributed by atoms with Crippen molar-refractivity contribution < 1.29 is 52.0 Å². The average molecular weight is 742 g/mol. The van der Waals surface area contributed by atoms with Crippen LogP contribution >= 0.6 is 12.0 Å². The number of hydrogen-bond donors (Lipinski definition) is 2. The molecule has 0 saturated carbocycles. The second-order valence-corrected chi connectivity index (χ2v) is 15.8. The number of benzene rings is 2. The Hall–Kier alpha value is -3.79. The zero-order chi connectivity index (χ0) is 37.4. The van der Waals surface area contributed by atoms with Crippen molar-refractivity contribution in [1.29, 1.82) is 0 Å². The van der Waals surface area contributed by atoms with Gasteiger partial charge in [0.1, 0.15) is 16.7 Å². The van der Waals surface area contributed by atoms with Gasteiger partial charge in [0.25, 0.3) is 0 Å². The van der Waals surface area contributed by atoms with Crippen LogP contribution in [-0.4, -0.2) is 58.5 Å². The van der Waals surface area contributed by atoms with Crippen LogP contribution in [0.3, 0.4) is 0 Å². The normalized spacial score (nSPS) is 17.2. The predicted octanol–water partition coefficient (Wildman–Crippen LogP) is 6.28. The molecule has 0 spiro atoms. The van der Waals surface area contributed by atoms with Crippen LogP contribution in [0.2, 0.25) is 0 Å². The van der Waals surface area contributed by atoms with Crippen LogP contribution in [0.4, 0.5) is 11.4 Å². The summed E-state index contributed by atoms with van der Waals surface area (Å²) in [6.45, 7) is 9.47. The first-order valence-electron chi connectivity index (χ1n) is 16.9. The molecule has 2 N–H and O–H groups in total. The monoisotopic (exact) mass is 741 g/mol. The molecule has 0 saturated heterocycles. The van der Waals surface area contributed by atoms with Crippen LogP contribution in [0.1, 0.15) is 90.2 Å². The van der Waals surface area contributed by atoms with Gasteiger partial charge in [-0.05, 0) is 81.5 Å². The van der Waals surface area contributed by atoms with Gasteiger partial charge in [0.05, 0.1) is 22.4 Å². The third-order valence-electron chi connectivity index (χ3n) is 9.45. The Morgan fingerprint density at radius 2 is 1.57 bits per heavy atom. The summed E-state index contributed by atoms with van der Waals surface area (Å²) >= 11 is 0.832. The molecule has 2 aliphatic heterocycles. The molecule has 12 nitrogen and oxygen atoms in total. The van der Waals surface area contributed by atoms with Crippen LogP contribution < -0.4 is 10.2 Å². The molecule has 0 aromatic heterocycles. The van der Waals surface area contributed by atoms with E-state index in [0.717, 1.165) is 65.2 Å². The smallest absolute Gasteiger partial charge is 0.303 e. The summed E-state index contributed by atoms with van der Waals surface area (Å²) in [5.74, 6) is -1.64. The number of nitrogens with zero attached hydrogens (tertiary/aromatic N) is 2. The van der Waals surface area contributed by atoms with E-state index in [4.69, 9.17) is 10.2 Å². The molecule has 2 aromatic carbocycles. The molecule has 0 fully saturated rings. The van der Waals surface area contributed by atoms with Crippen LogP contribution in [0, 0.1) is 0 Å². The second kappa shape index (κ2) is 17.2. The van der Waals surface area contributed by atoms with E-state index >= 15 is 0 Å². The number of hydrogen-bond acceptors (Lipinski definition) is 10. The third-order valence-corrected chi connectivity index (χ3v) is 10.8. The fourth-order valence-electron chi connectivity index (χ4n) is 6.85. The molecule has 0 bridgehead atoms. The second-order valence-electron chi connectivity index (χ2n) is 13.7. The van der Waals surface area contributed by atoms with E-state index in [1.807, 2.05) is 56.4 Å². The van der Waals surface area contributed by atoms with Gasteiger partial charge in [-0.25, -0.2) is 8.42 Å². The lowest BCUT2D eigenvalue weighted by Crippen LogP contribution is -2.28. The number of carbonyl (C=O) groups is 2. The van der Waals surface area contributed by atoms with Crippen molar-refractivity contribution in [3.05, 3.63) is 83.6 Å². The number of fused-ring (bicyclic) bond motifs is 2. The van der Waals surface area contributed by atoms with E-state index in [1.54, 1.807) is 6.07 Å². The summed E-state index contributed by atoms with van der Waals surface area (Å²) in [4.78, 5) is 24.5. The van der Waals surface area contributed by atoms with Gasteiger partial charge in [0.15, 0.2) is 5.71 Å². The fourth-order valence-corrected chi connectivity index (χ4v) is 7.75. The van der Waals surface area contributed by atoms with Crippen LogP contribution in [-0.2, 0) is 39.9 Å². The Labute approximate surface area is 303 Å². The molecule has 4 rings (SSSR count). The van der Waals surface area contributed by atoms with Gasteiger partial charge >= 0.3 is 11.9 Å². The Morgan fingerprint density at radius 1 is 0.882 bits per heavy atom. The van der Waals surface area contributed by atoms with E-state index in [1.165, 1.54) is 12.1 Å². The van der Waals surface area contributed by atoms with Gasteiger partial charge < -0.3 is 24.9 Å². The number of allylic oxidation sites excluding steroid dienone is 6. The first-order valence-corrected chi connectivity index (χ1v) is 19.0. The minimum absolute atomic E-state index is 0.0958. The summed E-state index contributed by atoms with van der Waals surface area (Å²) in [5, 5.41) is 32.0. The lowest BCUT2D eigenvalue weighted by molar-refractivity contribution is -0.777. The average Bonchev–Trinajstić information content (AvgIpc) is 3.40. The summed E-state index contributed by atoms with van der Waals surface area (Å²) < 4.78 is 42.4. The first kappa shape index (κ1) is 40.0. The summed E-state index contributed by atoms with van der Waals surface area (Å²) in [6, 6.07) is 10.3. The van der Waals surface area contributed by atoms with Crippen molar-refractivity contribution >= 4 is 51.2 Å². The van der Waals surface area contributed by atoms with E-state index in [0.29, 0.717) is 37.2 Å². The third kappa shape index (κ3) is 9.76. The largest absolute Gasteiger partial charge is 0.744 e. The highest BCUT2D eigenvalue weighted by Crippen LogP contribution is 2.48. The molecule has 2 aliphatic rings. The molecular weight excluding hydrogens is 697 g/mol. The van der Waals surface area contributed by atoms with Gasteiger partial charge in [0.2, 0.25) is 5.69 Å². The van der Waals surface area contributed by atoms with Crippen molar-refractivity contribution in [2.45, 2.75) is 99.7 Å². The van der Waals surface area contributed by atoms with Gasteiger partial charge in [-0.2, -0.15) is 8.91 Å². The van der Waals surface area contributed by atoms with Gasteiger partial charge in [0, 0.05) is 65.2 Å². The Balaban J connectivity index is 1.62. The SMILES string of the molecule is CC1(C)C(/C=C/C=C/C=C2/N(CCCCCC(=O)O)c3ccc(S(=O)(=O)[O-])cc3C2(C)C)=[N+](CCCCCC(=O)O)c2ccc(SOO[O-])cc21. The van der Waals surface area contributed by atoms with Crippen molar-refractivity contribution in [2.75, 3.05) is 18.0 Å². The van der Waals surface area contributed by atoms with Crippen molar-refractivity contribution in [1.82, 2.24) is 0 Å². The van der Waals surface area contributed by atoms with E-state index in [2.05, 4.69) is 38.8 Å². The highest BCUT2D eigenvalue weighted by Gasteiger charge is 2.44. The van der Waals surface area contributed by atoms with E-state index in [-0.39, 0.29) is 17.7 Å². The zero-order valence-electron chi connectivity index (χ0n) is 29.3. The maximum Gasteiger partial charge on any atom is 0.303 e. The zero-order valence-corrected chi connectivity index (χ0v) is 30.9. The summed E-state index contributed by atoms with van der Waals surface area (Å²) in [6.07, 6.45) is 14.2. The topological polar surface area (TPSA) is 180 Å². The fraction of sp³-hybridized carbons (Fsp3) is 0.432. The molecule has 2 aromatic rings. The lowest BCUT2D eigenvalue weighted by Gasteiger charge is -2.27. The number of aliphatic carboxylic acids is 2. The molecule has 0 unspecified atom stereocenters.